The largest absolute Gasteiger partial charge is 0.441 e. The number of ether oxygens (including phenoxy) is 1. The normalized spacial score (nSPS) is 16.1. The number of amides is 1. The second-order valence-corrected chi connectivity index (χ2v) is 8.93. The van der Waals surface area contributed by atoms with Gasteiger partial charge in [0.1, 0.15) is 11.3 Å². The molecule has 1 aromatic heterocycles. The lowest BCUT2D eigenvalue weighted by molar-refractivity contribution is -0.124. The summed E-state index contributed by atoms with van der Waals surface area (Å²) >= 11 is 5.98. The number of nitrogens with one attached hydrogen (secondary N) is 3. The molecule has 1 aliphatic rings. The average Bonchev–Trinajstić information content (AvgIpc) is 2.89. The van der Waals surface area contributed by atoms with Gasteiger partial charge in [0, 0.05) is 17.3 Å². The van der Waals surface area contributed by atoms with Crippen LogP contribution in [0.5, 0.6) is 5.75 Å². The predicted octanol–water partition coefficient (Wildman–Crippen LogP) is 2.61. The van der Waals surface area contributed by atoms with E-state index in [0.717, 1.165) is 10.1 Å². The highest BCUT2D eigenvalue weighted by molar-refractivity contribution is 6.30. The molecule has 0 spiro atoms. The van der Waals surface area contributed by atoms with Crippen molar-refractivity contribution in [3.05, 3.63) is 104 Å². The highest BCUT2D eigenvalue weighted by Gasteiger charge is 2.33. The van der Waals surface area contributed by atoms with Crippen molar-refractivity contribution in [1.82, 2.24) is 24.8 Å². The molecule has 3 N–H and O–H groups in total. The van der Waals surface area contributed by atoms with Gasteiger partial charge in [0.2, 0.25) is 5.95 Å². The van der Waals surface area contributed by atoms with Crippen molar-refractivity contribution in [3.8, 4) is 11.9 Å². The number of nitrogens with zero attached hydrogens (tertiary/aromatic N) is 4. The first kappa shape index (κ1) is 26.2. The lowest BCUT2D eigenvalue weighted by atomic mass is 9.99. The van der Waals surface area contributed by atoms with Crippen LogP contribution in [0.3, 0.4) is 0 Å². The Balaban J connectivity index is 1.54. The van der Waals surface area contributed by atoms with Gasteiger partial charge in [0.15, 0.2) is 12.1 Å². The number of carbonyl (C=O) groups is 1. The molecule has 1 unspecified atom stereocenters. The smallest absolute Gasteiger partial charge is 0.354 e. The van der Waals surface area contributed by atoms with Crippen LogP contribution in [0.15, 0.2) is 82.2 Å². The van der Waals surface area contributed by atoms with Crippen LogP contribution in [-0.4, -0.2) is 25.6 Å². The molecule has 0 saturated heterocycles. The van der Waals surface area contributed by atoms with Crippen LogP contribution in [0.2, 0.25) is 5.02 Å². The third kappa shape index (κ3) is 5.77. The van der Waals surface area contributed by atoms with E-state index >= 15 is 0 Å². The molecule has 0 radical (unpaired) electrons. The third-order valence-electron chi connectivity index (χ3n) is 5.76. The van der Waals surface area contributed by atoms with E-state index in [9.17, 15) is 14.4 Å². The summed E-state index contributed by atoms with van der Waals surface area (Å²) in [6, 6.07) is 13.8. The fourth-order valence-corrected chi connectivity index (χ4v) is 3.84. The number of hydrogen-bond acceptors (Lipinski definition) is 8. The highest BCUT2D eigenvalue weighted by Crippen LogP contribution is 2.22. The summed E-state index contributed by atoms with van der Waals surface area (Å²) in [5.74, 6) is 0.340. The molecule has 12 heteroatoms. The molecule has 3 aromatic rings. The molecule has 0 aliphatic carbocycles. The number of nitriles is 1. The SMILES string of the molecule is CCn1c(=O)nc(Nc2ccc(OC3=CC=CC(C)(C(=O)NC#N)N3)cc2)n(Cc2ccc(Cl)cc2)c1=O. The van der Waals surface area contributed by atoms with E-state index in [4.69, 9.17) is 21.6 Å². The standard InChI is InChI=1S/C26H24ClN7O4/c1-3-33-24(36)31-23(34(25(33)37)15-17-6-8-18(27)9-7-17)30-19-10-12-20(13-11-19)38-21-5-4-14-26(2,32-21)22(35)29-16-28/h4-14,32H,3,15H2,1-2H3,(H,29,35)(H,30,31,36). The Kier molecular flexibility index (Phi) is 7.64. The first-order valence-corrected chi connectivity index (χ1v) is 12.0. The topological polar surface area (TPSA) is 143 Å². The van der Waals surface area contributed by atoms with Gasteiger partial charge in [-0.1, -0.05) is 29.8 Å². The van der Waals surface area contributed by atoms with Crippen LogP contribution in [-0.2, 0) is 17.9 Å². The fraction of sp³-hybridized carbons (Fsp3) is 0.192. The molecule has 4 rings (SSSR count). The van der Waals surface area contributed by atoms with Gasteiger partial charge in [-0.3, -0.25) is 14.7 Å². The lowest BCUT2D eigenvalue weighted by Gasteiger charge is -2.29. The van der Waals surface area contributed by atoms with Crippen molar-refractivity contribution in [2.45, 2.75) is 32.5 Å². The predicted molar refractivity (Wildman–Crippen MR) is 142 cm³/mol. The molecule has 194 valence electrons. The molecule has 1 atom stereocenters. The summed E-state index contributed by atoms with van der Waals surface area (Å²) in [5.41, 5.74) is -0.925. The van der Waals surface area contributed by atoms with Crippen LogP contribution in [0.25, 0.3) is 0 Å². The molecule has 11 nitrogen and oxygen atoms in total. The maximum Gasteiger partial charge on any atom is 0.354 e. The van der Waals surface area contributed by atoms with Gasteiger partial charge in [0.25, 0.3) is 5.91 Å². The van der Waals surface area contributed by atoms with E-state index in [0.29, 0.717) is 22.3 Å². The van der Waals surface area contributed by atoms with Crippen LogP contribution >= 0.6 is 11.6 Å². The number of hydrogen-bond donors (Lipinski definition) is 3. The van der Waals surface area contributed by atoms with E-state index in [2.05, 4.69) is 20.9 Å². The van der Waals surface area contributed by atoms with Crippen LogP contribution in [0, 0.1) is 11.5 Å². The first-order valence-electron chi connectivity index (χ1n) is 11.6. The lowest BCUT2D eigenvalue weighted by Crippen LogP contribution is -2.53. The number of allylic oxidation sites excluding steroid dienone is 2. The first-order chi connectivity index (χ1) is 18.2. The van der Waals surface area contributed by atoms with Gasteiger partial charge in [-0.25, -0.2) is 14.2 Å². The maximum atomic E-state index is 13.1. The van der Waals surface area contributed by atoms with E-state index in [1.807, 2.05) is 0 Å². The molecule has 0 bridgehead atoms. The van der Waals surface area contributed by atoms with Gasteiger partial charge in [-0.2, -0.15) is 10.2 Å². The zero-order chi connectivity index (χ0) is 27.3. The van der Waals surface area contributed by atoms with Crippen molar-refractivity contribution >= 4 is 29.1 Å². The molecule has 38 heavy (non-hydrogen) atoms. The quantitative estimate of drug-likeness (QED) is 0.296. The Bertz CT molecular complexity index is 1570. The minimum absolute atomic E-state index is 0.0920. The molecule has 2 aromatic carbocycles. The summed E-state index contributed by atoms with van der Waals surface area (Å²) in [6.45, 7) is 3.68. The average molecular weight is 534 g/mol. The van der Waals surface area contributed by atoms with E-state index in [1.54, 1.807) is 86.8 Å². The van der Waals surface area contributed by atoms with Crippen molar-refractivity contribution in [3.63, 3.8) is 0 Å². The van der Waals surface area contributed by atoms with E-state index in [1.165, 1.54) is 4.57 Å². The fourth-order valence-electron chi connectivity index (χ4n) is 3.71. The minimum Gasteiger partial charge on any atom is -0.441 e. The van der Waals surface area contributed by atoms with Gasteiger partial charge < -0.3 is 15.4 Å². The van der Waals surface area contributed by atoms with Crippen molar-refractivity contribution in [2.24, 2.45) is 0 Å². The number of carbonyl (C=O) groups excluding carboxylic acids is 1. The van der Waals surface area contributed by atoms with E-state index in [-0.39, 0.29) is 19.0 Å². The number of rotatable bonds is 8. The Morgan fingerprint density at radius 2 is 1.87 bits per heavy atom. The Morgan fingerprint density at radius 1 is 1.16 bits per heavy atom. The Hall–Kier alpha value is -4.82. The van der Waals surface area contributed by atoms with Gasteiger partial charge >= 0.3 is 11.4 Å². The van der Waals surface area contributed by atoms with Crippen LogP contribution in [0.1, 0.15) is 19.4 Å². The number of benzene rings is 2. The summed E-state index contributed by atoms with van der Waals surface area (Å²) in [7, 11) is 0. The zero-order valence-electron chi connectivity index (χ0n) is 20.6. The number of aromatic nitrogens is 3. The second-order valence-electron chi connectivity index (χ2n) is 8.49. The molecule has 0 fully saturated rings. The van der Waals surface area contributed by atoms with E-state index < -0.39 is 22.8 Å². The summed E-state index contributed by atoms with van der Waals surface area (Å²) in [4.78, 5) is 41.8. The molecular formula is C26H24ClN7O4. The molecule has 2 heterocycles. The Labute approximate surface area is 222 Å². The van der Waals surface area contributed by atoms with Gasteiger partial charge in [-0.05, 0) is 68.0 Å². The molecule has 1 aliphatic heterocycles. The number of halogens is 1. The number of dihydropyridines is 1. The van der Waals surface area contributed by atoms with Crippen LogP contribution < -0.4 is 32.1 Å². The highest BCUT2D eigenvalue weighted by atomic mass is 35.5. The molecule has 1 amide bonds. The third-order valence-corrected chi connectivity index (χ3v) is 6.01. The maximum absolute atomic E-state index is 13.1. The van der Waals surface area contributed by atoms with Gasteiger partial charge in [0.05, 0.1) is 6.54 Å². The van der Waals surface area contributed by atoms with Crippen molar-refractivity contribution < 1.29 is 9.53 Å². The number of anilines is 2. The monoisotopic (exact) mass is 533 g/mol. The minimum atomic E-state index is -1.15. The molecule has 0 saturated carbocycles. The summed E-state index contributed by atoms with van der Waals surface area (Å²) < 4.78 is 8.28. The van der Waals surface area contributed by atoms with Crippen molar-refractivity contribution in [2.75, 3.05) is 5.32 Å². The van der Waals surface area contributed by atoms with Crippen LogP contribution in [0.4, 0.5) is 11.6 Å². The zero-order valence-corrected chi connectivity index (χ0v) is 21.3. The Morgan fingerprint density at radius 3 is 2.53 bits per heavy atom. The second kappa shape index (κ2) is 11.1. The van der Waals surface area contributed by atoms with Gasteiger partial charge in [-0.15, -0.1) is 0 Å². The van der Waals surface area contributed by atoms with Crippen molar-refractivity contribution in [1.29, 1.82) is 5.26 Å². The molecular weight excluding hydrogens is 510 g/mol. The summed E-state index contributed by atoms with van der Waals surface area (Å²) in [6.07, 6.45) is 6.54. The summed E-state index contributed by atoms with van der Waals surface area (Å²) in [5, 5.41) is 17.4.